The van der Waals surface area contributed by atoms with Gasteiger partial charge in [-0.2, -0.15) is 0 Å². The van der Waals surface area contributed by atoms with Crippen LogP contribution in [0.1, 0.15) is 24.1 Å². The fourth-order valence-electron chi connectivity index (χ4n) is 2.07. The van der Waals surface area contributed by atoms with Crippen molar-refractivity contribution < 1.29 is 8.78 Å². The van der Waals surface area contributed by atoms with Crippen molar-refractivity contribution in [2.75, 3.05) is 6.54 Å². The standard InChI is InChI=1S/C15H13Br2F2N/c1-2-20-15(10-7-6-9(16)8-13(10)18)11-4-3-5-12(17)14(11)19/h3-8,15,20H,2H2,1H3. The lowest BCUT2D eigenvalue weighted by atomic mass is 9.97. The summed E-state index contributed by atoms with van der Waals surface area (Å²) in [5.41, 5.74) is 0.842. The van der Waals surface area contributed by atoms with Crippen LogP contribution in [0.25, 0.3) is 0 Å². The molecule has 1 N–H and O–H groups in total. The first-order chi connectivity index (χ1) is 9.54. The van der Waals surface area contributed by atoms with Gasteiger partial charge in [-0.3, -0.25) is 0 Å². The zero-order valence-electron chi connectivity index (χ0n) is 10.8. The summed E-state index contributed by atoms with van der Waals surface area (Å²) in [5.74, 6) is -0.745. The van der Waals surface area contributed by atoms with E-state index in [-0.39, 0.29) is 11.6 Å². The smallest absolute Gasteiger partial charge is 0.142 e. The van der Waals surface area contributed by atoms with E-state index in [2.05, 4.69) is 37.2 Å². The minimum Gasteiger partial charge on any atom is -0.306 e. The van der Waals surface area contributed by atoms with Gasteiger partial charge < -0.3 is 5.32 Å². The average molecular weight is 405 g/mol. The molecule has 0 aromatic heterocycles. The summed E-state index contributed by atoms with van der Waals surface area (Å²) in [6.07, 6.45) is 0. The van der Waals surface area contributed by atoms with Crippen LogP contribution in [0.3, 0.4) is 0 Å². The molecule has 0 radical (unpaired) electrons. The minimum absolute atomic E-state index is 0.371. The van der Waals surface area contributed by atoms with Crippen molar-refractivity contribution in [3.05, 3.63) is 68.1 Å². The summed E-state index contributed by atoms with van der Waals surface area (Å²) in [6.45, 7) is 2.51. The summed E-state index contributed by atoms with van der Waals surface area (Å²) in [4.78, 5) is 0. The monoisotopic (exact) mass is 403 g/mol. The van der Waals surface area contributed by atoms with E-state index in [4.69, 9.17) is 0 Å². The Morgan fingerprint density at radius 3 is 2.50 bits per heavy atom. The molecule has 1 nitrogen and oxygen atoms in total. The first-order valence-corrected chi connectivity index (χ1v) is 7.75. The third-order valence-corrected chi connectivity index (χ3v) is 4.08. The highest BCUT2D eigenvalue weighted by Gasteiger charge is 2.21. The van der Waals surface area contributed by atoms with Crippen molar-refractivity contribution in [1.82, 2.24) is 5.32 Å². The predicted octanol–water partition coefficient (Wildman–Crippen LogP) is 5.19. The number of hydrogen-bond donors (Lipinski definition) is 1. The second kappa shape index (κ2) is 6.78. The van der Waals surface area contributed by atoms with Gasteiger partial charge in [0.05, 0.1) is 10.5 Å². The van der Waals surface area contributed by atoms with Gasteiger partial charge >= 0.3 is 0 Å². The van der Waals surface area contributed by atoms with Crippen molar-refractivity contribution >= 4 is 31.9 Å². The molecule has 106 valence electrons. The number of rotatable bonds is 4. The Morgan fingerprint density at radius 1 is 1.10 bits per heavy atom. The molecule has 0 saturated carbocycles. The number of hydrogen-bond acceptors (Lipinski definition) is 1. The van der Waals surface area contributed by atoms with Crippen molar-refractivity contribution in [3.63, 3.8) is 0 Å². The van der Waals surface area contributed by atoms with Crippen LogP contribution >= 0.6 is 31.9 Å². The fourth-order valence-corrected chi connectivity index (χ4v) is 2.79. The molecule has 5 heteroatoms. The van der Waals surface area contributed by atoms with Crippen LogP contribution in [0.4, 0.5) is 8.78 Å². The molecule has 0 bridgehead atoms. The third kappa shape index (κ3) is 3.27. The Bertz CT molecular complexity index is 617. The van der Waals surface area contributed by atoms with E-state index in [1.54, 1.807) is 30.3 Å². The zero-order valence-corrected chi connectivity index (χ0v) is 13.9. The highest BCUT2D eigenvalue weighted by Crippen LogP contribution is 2.30. The van der Waals surface area contributed by atoms with Crippen LogP contribution in [0.2, 0.25) is 0 Å². The van der Waals surface area contributed by atoms with Crippen molar-refractivity contribution in [1.29, 1.82) is 0 Å². The SMILES string of the molecule is CCNC(c1ccc(Br)cc1F)c1cccc(Br)c1F. The molecular formula is C15H13Br2F2N. The molecule has 0 aliphatic heterocycles. The lowest BCUT2D eigenvalue weighted by Crippen LogP contribution is -2.24. The Balaban J connectivity index is 2.53. The predicted molar refractivity (Wildman–Crippen MR) is 83.7 cm³/mol. The van der Waals surface area contributed by atoms with Gasteiger partial charge in [0.2, 0.25) is 0 Å². The normalized spacial score (nSPS) is 12.4. The van der Waals surface area contributed by atoms with Gasteiger partial charge in [-0.25, -0.2) is 8.78 Å². The molecule has 0 fully saturated rings. The number of nitrogens with one attached hydrogen (secondary N) is 1. The van der Waals surface area contributed by atoms with E-state index in [0.29, 0.717) is 26.6 Å². The summed E-state index contributed by atoms with van der Waals surface area (Å²) in [7, 11) is 0. The van der Waals surface area contributed by atoms with E-state index in [1.165, 1.54) is 6.07 Å². The van der Waals surface area contributed by atoms with E-state index in [0.717, 1.165) is 0 Å². The molecule has 0 aliphatic carbocycles. The highest BCUT2D eigenvalue weighted by molar-refractivity contribution is 9.10. The van der Waals surface area contributed by atoms with Crippen molar-refractivity contribution in [2.24, 2.45) is 0 Å². The molecule has 2 aromatic carbocycles. The molecule has 1 atom stereocenters. The maximum absolute atomic E-state index is 14.3. The van der Waals surface area contributed by atoms with Crippen LogP contribution < -0.4 is 5.32 Å². The van der Waals surface area contributed by atoms with Gasteiger partial charge in [0.1, 0.15) is 11.6 Å². The van der Waals surface area contributed by atoms with E-state index in [1.807, 2.05) is 6.92 Å². The quantitative estimate of drug-likeness (QED) is 0.739. The largest absolute Gasteiger partial charge is 0.306 e. The van der Waals surface area contributed by atoms with Gasteiger partial charge in [0.15, 0.2) is 0 Å². The highest BCUT2D eigenvalue weighted by atomic mass is 79.9. The van der Waals surface area contributed by atoms with Crippen LogP contribution in [0.5, 0.6) is 0 Å². The molecule has 1 unspecified atom stereocenters. The zero-order chi connectivity index (χ0) is 14.7. The third-order valence-electron chi connectivity index (χ3n) is 2.97. The molecule has 0 amide bonds. The van der Waals surface area contributed by atoms with Gasteiger partial charge in [0, 0.05) is 15.6 Å². The first-order valence-electron chi connectivity index (χ1n) is 6.16. The van der Waals surface area contributed by atoms with E-state index in [9.17, 15) is 8.78 Å². The average Bonchev–Trinajstić information content (AvgIpc) is 2.40. The molecule has 0 saturated heterocycles. The number of halogens is 4. The first kappa shape index (κ1) is 15.6. The summed E-state index contributed by atoms with van der Waals surface area (Å²) >= 11 is 6.39. The van der Waals surface area contributed by atoms with Gasteiger partial charge in [-0.15, -0.1) is 0 Å². The molecule has 2 rings (SSSR count). The van der Waals surface area contributed by atoms with Crippen LogP contribution in [-0.4, -0.2) is 6.54 Å². The maximum Gasteiger partial charge on any atom is 0.142 e. The summed E-state index contributed by atoms with van der Waals surface area (Å²) in [6, 6.07) is 9.30. The topological polar surface area (TPSA) is 12.0 Å². The van der Waals surface area contributed by atoms with Crippen LogP contribution in [0, 0.1) is 11.6 Å². The second-order valence-electron chi connectivity index (χ2n) is 4.30. The van der Waals surface area contributed by atoms with Gasteiger partial charge in [-0.1, -0.05) is 41.1 Å². The lowest BCUT2D eigenvalue weighted by Gasteiger charge is -2.20. The molecule has 0 heterocycles. The van der Waals surface area contributed by atoms with E-state index < -0.39 is 6.04 Å². The Morgan fingerprint density at radius 2 is 1.85 bits per heavy atom. The Kier molecular flexibility index (Phi) is 5.29. The molecular weight excluding hydrogens is 392 g/mol. The summed E-state index contributed by atoms with van der Waals surface area (Å²) < 4.78 is 29.4. The van der Waals surface area contributed by atoms with Crippen LogP contribution in [-0.2, 0) is 0 Å². The molecule has 0 spiro atoms. The van der Waals surface area contributed by atoms with Gasteiger partial charge in [0.25, 0.3) is 0 Å². The summed E-state index contributed by atoms with van der Waals surface area (Å²) in [5, 5.41) is 3.13. The number of benzene rings is 2. The van der Waals surface area contributed by atoms with Crippen molar-refractivity contribution in [3.8, 4) is 0 Å². The second-order valence-corrected chi connectivity index (χ2v) is 6.07. The fraction of sp³-hybridized carbons (Fsp3) is 0.200. The van der Waals surface area contributed by atoms with Crippen molar-refractivity contribution in [2.45, 2.75) is 13.0 Å². The Labute approximate surface area is 133 Å². The van der Waals surface area contributed by atoms with Crippen LogP contribution in [0.15, 0.2) is 45.3 Å². The maximum atomic E-state index is 14.3. The molecule has 20 heavy (non-hydrogen) atoms. The Hall–Kier alpha value is -0.780. The molecule has 0 aliphatic rings. The van der Waals surface area contributed by atoms with Gasteiger partial charge in [-0.05, 0) is 40.7 Å². The minimum atomic E-state index is -0.523. The molecule has 2 aromatic rings. The van der Waals surface area contributed by atoms with E-state index >= 15 is 0 Å². The lowest BCUT2D eigenvalue weighted by molar-refractivity contribution is 0.528.